The third-order valence-electron chi connectivity index (χ3n) is 9.38. The van der Waals surface area contributed by atoms with E-state index in [0.717, 1.165) is 68.6 Å². The van der Waals surface area contributed by atoms with Gasteiger partial charge in [0.05, 0.1) is 31.8 Å². The maximum atomic E-state index is 14.1. The number of ether oxygens (including phenoxy) is 4. The van der Waals surface area contributed by atoms with Gasteiger partial charge in [-0.1, -0.05) is 31.6 Å². The Hall–Kier alpha value is -4.08. The first-order chi connectivity index (χ1) is 21.9. The average Bonchev–Trinajstić information content (AvgIpc) is 3.81. The fraction of sp³-hybridized carbons (Fsp3) is 0.543. The minimum Gasteiger partial charge on any atom is -0.496 e. The summed E-state index contributed by atoms with van der Waals surface area (Å²) in [5, 5.41) is 3.66. The highest BCUT2D eigenvalue weighted by Crippen LogP contribution is 2.37. The summed E-state index contributed by atoms with van der Waals surface area (Å²) in [5.74, 6) is 1.50. The molecule has 1 N–H and O–H groups in total. The summed E-state index contributed by atoms with van der Waals surface area (Å²) in [5.41, 5.74) is 1.40. The van der Waals surface area contributed by atoms with Gasteiger partial charge in [-0.15, -0.1) is 6.58 Å². The number of carbonyl (C=O) groups is 3. The van der Waals surface area contributed by atoms with E-state index in [1.54, 1.807) is 24.2 Å². The van der Waals surface area contributed by atoms with Gasteiger partial charge >= 0.3 is 6.09 Å². The summed E-state index contributed by atoms with van der Waals surface area (Å²) in [6.07, 6.45) is 10.7. The number of methoxy groups -OCH3 is 1. The number of hydrogen-bond acceptors (Lipinski definition) is 8. The molecular formula is C35H45N3O7. The molecule has 10 heteroatoms. The van der Waals surface area contributed by atoms with E-state index in [-0.39, 0.29) is 30.4 Å². The zero-order chi connectivity index (χ0) is 31.9. The van der Waals surface area contributed by atoms with Crippen molar-refractivity contribution in [3.63, 3.8) is 0 Å². The Kier molecular flexibility index (Phi) is 10.6. The van der Waals surface area contributed by atoms with E-state index in [0.29, 0.717) is 35.9 Å². The highest BCUT2D eigenvalue weighted by atomic mass is 16.6. The highest BCUT2D eigenvalue weighted by Gasteiger charge is 2.43. The van der Waals surface area contributed by atoms with E-state index in [9.17, 15) is 14.4 Å². The molecular weight excluding hydrogens is 574 g/mol. The second-order valence-electron chi connectivity index (χ2n) is 12.2. The van der Waals surface area contributed by atoms with E-state index in [1.807, 2.05) is 25.1 Å². The number of likely N-dealkylation sites (tertiary alicyclic amines) is 1. The molecule has 10 nitrogen and oxygen atoms in total. The smallest absolute Gasteiger partial charge is 0.408 e. The molecule has 0 radical (unpaired) electrons. The van der Waals surface area contributed by atoms with Gasteiger partial charge in [-0.25, -0.2) is 9.78 Å². The fourth-order valence-electron chi connectivity index (χ4n) is 7.14. The first kappa shape index (κ1) is 32.3. The van der Waals surface area contributed by atoms with E-state index < -0.39 is 24.3 Å². The molecule has 45 heavy (non-hydrogen) atoms. The number of aldehydes is 1. The van der Waals surface area contributed by atoms with Gasteiger partial charge in [-0.3, -0.25) is 4.79 Å². The molecule has 0 unspecified atom stereocenters. The quantitative estimate of drug-likeness (QED) is 0.219. The third-order valence-corrected chi connectivity index (χ3v) is 9.38. The summed E-state index contributed by atoms with van der Waals surface area (Å²) >= 11 is 0. The number of fused-ring (bicyclic) bond motifs is 1. The molecule has 5 atom stereocenters. The fourth-order valence-corrected chi connectivity index (χ4v) is 7.14. The van der Waals surface area contributed by atoms with Gasteiger partial charge in [0.1, 0.15) is 36.0 Å². The maximum Gasteiger partial charge on any atom is 0.408 e. The zero-order valence-corrected chi connectivity index (χ0v) is 26.4. The molecule has 1 aromatic carbocycles. The molecule has 242 valence electrons. The van der Waals surface area contributed by atoms with Crippen molar-refractivity contribution in [1.82, 2.24) is 15.2 Å². The largest absolute Gasteiger partial charge is 0.496 e. The molecule has 3 aliphatic rings. The van der Waals surface area contributed by atoms with Crippen molar-refractivity contribution >= 4 is 35.3 Å². The van der Waals surface area contributed by atoms with Gasteiger partial charge in [-0.2, -0.15) is 0 Å². The molecule has 2 heterocycles. The Morgan fingerprint density at radius 2 is 1.91 bits per heavy atom. The second kappa shape index (κ2) is 14.8. The molecule has 1 aromatic heterocycles. The molecule has 2 aliphatic carbocycles. The number of nitrogens with one attached hydrogen (secondary N) is 1. The Labute approximate surface area is 265 Å². The lowest BCUT2D eigenvalue weighted by molar-refractivity contribution is -0.137. The van der Waals surface area contributed by atoms with Crippen molar-refractivity contribution in [2.45, 2.75) is 89.0 Å². The standard InChI is InChI=1S/C35H45N3O7/c1-5-11-23-14-10-15-29(23)45-35(41)37-33(24-12-8-9-13-24)34(40)38-20-26(17-25(38)21-39)44-31-19-32(43-7-3)36-28-18-30(42-4)22(6-2)16-27(28)31/h5-6,16,18-19,21,23-26,29,33H,1-2,7-15,17,20H2,3-4H3,(H,37,41)/t23-,25+,26-,29-,33+/m1/s1. The Morgan fingerprint density at radius 1 is 1.11 bits per heavy atom. The van der Waals surface area contributed by atoms with Crippen molar-refractivity contribution in [2.24, 2.45) is 11.8 Å². The number of rotatable bonds is 13. The van der Waals surface area contributed by atoms with E-state index in [4.69, 9.17) is 18.9 Å². The topological polar surface area (TPSA) is 116 Å². The first-order valence-electron chi connectivity index (χ1n) is 16.2. The maximum absolute atomic E-state index is 14.1. The van der Waals surface area contributed by atoms with Crippen LogP contribution in [0.2, 0.25) is 0 Å². The van der Waals surface area contributed by atoms with Crippen LogP contribution in [0.3, 0.4) is 0 Å². The number of allylic oxidation sites excluding steroid dienone is 1. The molecule has 2 aromatic rings. The van der Waals surface area contributed by atoms with Gasteiger partial charge in [0.15, 0.2) is 0 Å². The zero-order valence-electron chi connectivity index (χ0n) is 26.4. The van der Waals surface area contributed by atoms with Gasteiger partial charge in [-0.05, 0) is 63.4 Å². The lowest BCUT2D eigenvalue weighted by atomic mass is 9.96. The van der Waals surface area contributed by atoms with Crippen LogP contribution in [0.25, 0.3) is 17.0 Å². The lowest BCUT2D eigenvalue weighted by Gasteiger charge is -2.30. The van der Waals surface area contributed by atoms with Crippen molar-refractivity contribution in [1.29, 1.82) is 0 Å². The number of alkyl carbamates (subject to hydrolysis) is 1. The normalized spacial score (nSPS) is 23.8. The van der Waals surface area contributed by atoms with Crippen LogP contribution in [-0.4, -0.2) is 72.7 Å². The summed E-state index contributed by atoms with van der Waals surface area (Å²) in [6, 6.07) is 3.98. The molecule has 0 spiro atoms. The van der Waals surface area contributed by atoms with Crippen LogP contribution in [-0.2, 0) is 14.3 Å². The van der Waals surface area contributed by atoms with Crippen LogP contribution in [0.1, 0.15) is 70.3 Å². The number of hydrogen-bond donors (Lipinski definition) is 1. The van der Waals surface area contributed by atoms with Crippen LogP contribution >= 0.6 is 0 Å². The number of benzene rings is 1. The van der Waals surface area contributed by atoms with Crippen molar-refractivity contribution in [2.75, 3.05) is 20.3 Å². The number of carbonyl (C=O) groups excluding carboxylic acids is 3. The van der Waals surface area contributed by atoms with Crippen LogP contribution in [0.4, 0.5) is 4.79 Å². The molecule has 5 rings (SSSR count). The Morgan fingerprint density at radius 3 is 2.60 bits per heavy atom. The van der Waals surface area contributed by atoms with Gasteiger partial charge < -0.3 is 34.0 Å². The lowest BCUT2D eigenvalue weighted by Crippen LogP contribution is -2.54. The molecule has 0 bridgehead atoms. The summed E-state index contributed by atoms with van der Waals surface area (Å²) in [6.45, 7) is 10.2. The molecule has 1 saturated heterocycles. The van der Waals surface area contributed by atoms with Crippen molar-refractivity contribution in [3.8, 4) is 17.4 Å². The average molecular weight is 620 g/mol. The van der Waals surface area contributed by atoms with Crippen LogP contribution < -0.4 is 19.5 Å². The number of nitrogens with zero attached hydrogens (tertiary/aromatic N) is 2. The summed E-state index contributed by atoms with van der Waals surface area (Å²) in [4.78, 5) is 45.7. The Balaban J connectivity index is 1.35. The van der Waals surface area contributed by atoms with Crippen LogP contribution in [0.15, 0.2) is 37.4 Å². The summed E-state index contributed by atoms with van der Waals surface area (Å²) in [7, 11) is 1.59. The third kappa shape index (κ3) is 7.26. The Bertz CT molecular complexity index is 1410. The first-order valence-corrected chi connectivity index (χ1v) is 16.2. The minimum absolute atomic E-state index is 0.0185. The molecule has 2 amide bonds. The van der Waals surface area contributed by atoms with E-state index in [1.165, 1.54) is 0 Å². The molecule has 1 aliphatic heterocycles. The highest BCUT2D eigenvalue weighted by molar-refractivity contribution is 5.90. The molecule has 2 saturated carbocycles. The van der Waals surface area contributed by atoms with Crippen LogP contribution in [0.5, 0.6) is 17.4 Å². The number of pyridine rings is 1. The van der Waals surface area contributed by atoms with Crippen LogP contribution in [0, 0.1) is 11.8 Å². The van der Waals surface area contributed by atoms with Gasteiger partial charge in [0.25, 0.3) is 0 Å². The van der Waals surface area contributed by atoms with Crippen molar-refractivity contribution < 1.29 is 33.3 Å². The van der Waals surface area contributed by atoms with Gasteiger partial charge in [0.2, 0.25) is 11.8 Å². The minimum atomic E-state index is -0.769. The predicted molar refractivity (Wildman–Crippen MR) is 171 cm³/mol. The molecule has 3 fully saturated rings. The predicted octanol–water partition coefficient (Wildman–Crippen LogP) is 5.86. The number of amides is 2. The monoisotopic (exact) mass is 619 g/mol. The second-order valence-corrected chi connectivity index (χ2v) is 12.2. The summed E-state index contributed by atoms with van der Waals surface area (Å²) < 4.78 is 23.6. The number of aromatic nitrogens is 1. The van der Waals surface area contributed by atoms with Gasteiger partial charge in [0, 0.05) is 29.5 Å². The van der Waals surface area contributed by atoms with E-state index >= 15 is 0 Å². The SMILES string of the molecule is C=CC[C@@H]1CCC[C@H]1OC(=O)N[C@H](C(=O)N1C[C@H](Oc2cc(OCC)nc3cc(OC)c(C=C)cc23)C[C@H]1C=O)C1CCCC1. The van der Waals surface area contributed by atoms with Crippen molar-refractivity contribution in [3.05, 3.63) is 43.0 Å². The van der Waals surface area contributed by atoms with E-state index in [2.05, 4.69) is 23.5 Å².